The van der Waals surface area contributed by atoms with Crippen LogP contribution in [0, 0.1) is 11.8 Å². The van der Waals surface area contributed by atoms with Crippen molar-refractivity contribution in [2.75, 3.05) is 18.9 Å². The molecule has 0 radical (unpaired) electrons. The fourth-order valence-electron chi connectivity index (χ4n) is 0.796. The van der Waals surface area contributed by atoms with Gasteiger partial charge in [-0.05, 0) is 6.92 Å². The Bertz CT molecular complexity index is 375. The number of rotatable bonds is 3. The summed E-state index contributed by atoms with van der Waals surface area (Å²) in [4.78, 5) is 15.4. The Balaban J connectivity index is 2.54. The molecule has 1 aromatic heterocycles. The summed E-state index contributed by atoms with van der Waals surface area (Å²) >= 11 is 1.40. The molecule has 0 aliphatic carbocycles. The number of carbonyl (C=O) groups is 1. The van der Waals surface area contributed by atoms with E-state index in [1.807, 2.05) is 0 Å². The molecule has 0 spiro atoms. The van der Waals surface area contributed by atoms with Crippen molar-refractivity contribution in [3.63, 3.8) is 0 Å². The van der Waals surface area contributed by atoms with Crippen LogP contribution in [0.3, 0.4) is 0 Å². The predicted octanol–water partition coefficient (Wildman–Crippen LogP) is 0.938. The second-order valence-corrected chi connectivity index (χ2v) is 3.26. The van der Waals surface area contributed by atoms with E-state index < -0.39 is 0 Å². The van der Waals surface area contributed by atoms with E-state index in [0.717, 1.165) is 5.13 Å². The van der Waals surface area contributed by atoms with Gasteiger partial charge in [-0.15, -0.1) is 17.3 Å². The van der Waals surface area contributed by atoms with Crippen LogP contribution in [0.15, 0.2) is 5.38 Å². The average Bonchev–Trinajstić information content (AvgIpc) is 2.66. The number of hydrogen-bond acceptors (Lipinski definition) is 4. The van der Waals surface area contributed by atoms with Crippen molar-refractivity contribution < 1.29 is 4.79 Å². The van der Waals surface area contributed by atoms with Crippen molar-refractivity contribution in [3.8, 4) is 11.8 Å². The van der Waals surface area contributed by atoms with Gasteiger partial charge in [-0.1, -0.05) is 5.92 Å². The van der Waals surface area contributed by atoms with Crippen LogP contribution in [0.25, 0.3) is 0 Å². The van der Waals surface area contributed by atoms with Crippen molar-refractivity contribution >= 4 is 22.4 Å². The van der Waals surface area contributed by atoms with Crippen LogP contribution in [0.1, 0.15) is 17.4 Å². The number of anilines is 1. The van der Waals surface area contributed by atoms with Crippen LogP contribution in [0.5, 0.6) is 0 Å². The van der Waals surface area contributed by atoms with Crippen LogP contribution in [0.4, 0.5) is 5.13 Å². The van der Waals surface area contributed by atoms with E-state index in [1.54, 1.807) is 19.4 Å². The predicted molar refractivity (Wildman–Crippen MR) is 57.4 cm³/mol. The van der Waals surface area contributed by atoms with Gasteiger partial charge in [-0.2, -0.15) is 0 Å². The molecule has 0 fully saturated rings. The number of aromatic nitrogens is 1. The SMILES string of the molecule is CC#CCNC(=O)c1csc(NC)n1. The maximum absolute atomic E-state index is 11.4. The maximum Gasteiger partial charge on any atom is 0.271 e. The Kier molecular flexibility index (Phi) is 3.95. The molecular weight excluding hydrogens is 198 g/mol. The van der Waals surface area contributed by atoms with E-state index in [4.69, 9.17) is 0 Å². The highest BCUT2D eigenvalue weighted by atomic mass is 32.1. The summed E-state index contributed by atoms with van der Waals surface area (Å²) in [5.41, 5.74) is 0.428. The zero-order chi connectivity index (χ0) is 10.4. The van der Waals surface area contributed by atoms with Crippen LogP contribution < -0.4 is 10.6 Å². The highest BCUT2D eigenvalue weighted by Gasteiger charge is 2.08. The minimum absolute atomic E-state index is 0.189. The average molecular weight is 209 g/mol. The van der Waals surface area contributed by atoms with Crippen LogP contribution in [0.2, 0.25) is 0 Å². The molecule has 2 N–H and O–H groups in total. The fourth-order valence-corrected chi connectivity index (χ4v) is 1.45. The molecule has 74 valence electrons. The number of amides is 1. The van der Waals surface area contributed by atoms with Crippen molar-refractivity contribution in [1.82, 2.24) is 10.3 Å². The molecule has 0 saturated carbocycles. The van der Waals surface area contributed by atoms with E-state index in [1.165, 1.54) is 11.3 Å². The van der Waals surface area contributed by atoms with Gasteiger partial charge in [0.15, 0.2) is 5.13 Å². The summed E-state index contributed by atoms with van der Waals surface area (Å²) in [5.74, 6) is 5.25. The van der Waals surface area contributed by atoms with Crippen LogP contribution in [-0.2, 0) is 0 Å². The first-order valence-corrected chi connectivity index (χ1v) is 4.97. The Morgan fingerprint density at radius 1 is 1.71 bits per heavy atom. The minimum Gasteiger partial charge on any atom is -0.365 e. The summed E-state index contributed by atoms with van der Waals surface area (Å²) < 4.78 is 0. The van der Waals surface area contributed by atoms with Crippen molar-refractivity contribution in [1.29, 1.82) is 0 Å². The van der Waals surface area contributed by atoms with Gasteiger partial charge in [0.2, 0.25) is 0 Å². The molecule has 0 aliphatic heterocycles. The van der Waals surface area contributed by atoms with E-state index in [0.29, 0.717) is 12.2 Å². The molecule has 5 heteroatoms. The van der Waals surface area contributed by atoms with Crippen molar-refractivity contribution in [2.24, 2.45) is 0 Å². The van der Waals surface area contributed by atoms with Gasteiger partial charge in [-0.25, -0.2) is 4.98 Å². The molecule has 1 aromatic rings. The Labute approximate surface area is 86.7 Å². The number of thiazole rings is 1. The number of nitrogens with one attached hydrogen (secondary N) is 2. The minimum atomic E-state index is -0.189. The quantitative estimate of drug-likeness (QED) is 0.728. The molecule has 0 atom stereocenters. The molecule has 0 aromatic carbocycles. The largest absolute Gasteiger partial charge is 0.365 e. The second kappa shape index (κ2) is 5.25. The topological polar surface area (TPSA) is 54.0 Å². The van der Waals surface area contributed by atoms with E-state index in [2.05, 4.69) is 27.5 Å². The third-order valence-electron chi connectivity index (χ3n) is 1.46. The molecule has 0 bridgehead atoms. The van der Waals surface area contributed by atoms with Crippen molar-refractivity contribution in [3.05, 3.63) is 11.1 Å². The lowest BCUT2D eigenvalue weighted by molar-refractivity contribution is 0.0954. The van der Waals surface area contributed by atoms with Gasteiger partial charge in [0.25, 0.3) is 5.91 Å². The molecular formula is C9H11N3OS. The number of hydrogen-bond donors (Lipinski definition) is 2. The van der Waals surface area contributed by atoms with Crippen LogP contribution >= 0.6 is 11.3 Å². The summed E-state index contributed by atoms with van der Waals surface area (Å²) in [5, 5.41) is 7.95. The molecule has 1 amide bonds. The summed E-state index contributed by atoms with van der Waals surface area (Å²) in [7, 11) is 1.77. The van der Waals surface area contributed by atoms with Gasteiger partial charge in [0, 0.05) is 12.4 Å². The number of nitrogens with zero attached hydrogens (tertiary/aromatic N) is 1. The zero-order valence-electron chi connectivity index (χ0n) is 8.05. The first kappa shape index (κ1) is 10.5. The van der Waals surface area contributed by atoms with Crippen LogP contribution in [-0.4, -0.2) is 24.5 Å². The normalized spacial score (nSPS) is 8.71. The monoisotopic (exact) mass is 209 g/mol. The lowest BCUT2D eigenvalue weighted by atomic mass is 10.4. The summed E-state index contributed by atoms with van der Waals surface area (Å²) in [6, 6.07) is 0. The zero-order valence-corrected chi connectivity index (χ0v) is 8.86. The molecule has 14 heavy (non-hydrogen) atoms. The Hall–Kier alpha value is -1.54. The van der Waals surface area contributed by atoms with Gasteiger partial charge in [-0.3, -0.25) is 4.79 Å². The standard InChI is InChI=1S/C9H11N3OS/c1-3-4-5-11-8(13)7-6-14-9(10-2)12-7/h6H,5H2,1-2H3,(H,10,12)(H,11,13). The molecule has 0 saturated heterocycles. The highest BCUT2D eigenvalue weighted by Crippen LogP contribution is 2.13. The first-order valence-electron chi connectivity index (χ1n) is 4.09. The summed E-state index contributed by atoms with van der Waals surface area (Å²) in [6.45, 7) is 2.09. The van der Waals surface area contributed by atoms with Gasteiger partial charge < -0.3 is 10.6 Å². The molecule has 0 aliphatic rings. The Morgan fingerprint density at radius 2 is 2.50 bits per heavy atom. The Morgan fingerprint density at radius 3 is 3.07 bits per heavy atom. The lowest BCUT2D eigenvalue weighted by Crippen LogP contribution is -2.23. The first-order chi connectivity index (χ1) is 6.77. The van der Waals surface area contributed by atoms with Gasteiger partial charge >= 0.3 is 0 Å². The third-order valence-corrected chi connectivity index (χ3v) is 2.32. The van der Waals surface area contributed by atoms with Crippen molar-refractivity contribution in [2.45, 2.75) is 6.92 Å². The van der Waals surface area contributed by atoms with E-state index in [-0.39, 0.29) is 5.91 Å². The molecule has 1 rings (SSSR count). The lowest BCUT2D eigenvalue weighted by Gasteiger charge is -1.95. The van der Waals surface area contributed by atoms with E-state index >= 15 is 0 Å². The maximum atomic E-state index is 11.4. The molecule has 1 heterocycles. The van der Waals surface area contributed by atoms with E-state index in [9.17, 15) is 4.79 Å². The smallest absolute Gasteiger partial charge is 0.271 e. The summed E-state index contributed by atoms with van der Waals surface area (Å²) in [6.07, 6.45) is 0. The molecule has 4 nitrogen and oxygen atoms in total. The van der Waals surface area contributed by atoms with Gasteiger partial charge in [0.1, 0.15) is 5.69 Å². The van der Waals surface area contributed by atoms with Gasteiger partial charge in [0.05, 0.1) is 6.54 Å². The number of carbonyl (C=O) groups excluding carboxylic acids is 1. The fraction of sp³-hybridized carbons (Fsp3) is 0.333. The second-order valence-electron chi connectivity index (χ2n) is 2.40. The third kappa shape index (κ3) is 2.75. The highest BCUT2D eigenvalue weighted by molar-refractivity contribution is 7.13. The molecule has 0 unspecified atom stereocenters.